The van der Waals surface area contributed by atoms with Crippen molar-refractivity contribution in [2.75, 3.05) is 31.1 Å². The van der Waals surface area contributed by atoms with E-state index in [1.54, 1.807) is 0 Å². The van der Waals surface area contributed by atoms with Crippen LogP contribution in [-0.4, -0.2) is 47.1 Å². The Kier molecular flexibility index (Phi) is 4.75. The van der Waals surface area contributed by atoms with E-state index in [0.717, 1.165) is 35.6 Å². The number of hydrogen-bond donors (Lipinski definition) is 2. The minimum Gasteiger partial charge on any atom is -0.339 e. The van der Waals surface area contributed by atoms with E-state index < -0.39 is 0 Å². The number of aromatic amines is 1. The maximum atomic E-state index is 12.7. The number of aryl methyl sites for hydroxylation is 1. The molecule has 0 unspecified atom stereocenters. The molecule has 0 atom stereocenters. The van der Waals surface area contributed by atoms with Crippen LogP contribution < -0.4 is 10.2 Å². The Morgan fingerprint density at radius 1 is 1.03 bits per heavy atom. The van der Waals surface area contributed by atoms with Crippen molar-refractivity contribution in [1.29, 1.82) is 0 Å². The molecule has 2 N–H and O–H groups in total. The second kappa shape index (κ2) is 7.71. The molecule has 0 aliphatic carbocycles. The number of hydrogen-bond acceptors (Lipinski definition) is 3. The van der Waals surface area contributed by atoms with Gasteiger partial charge >= 0.3 is 6.03 Å². The standard InChI is InChI=1S/C24H25N5O/c1-17-9-10-21-22(15-17)27-23(26-21)28-11-13-29(14-12-28)24(30)25-16-19-7-4-6-18-5-2-3-8-20(18)19/h2-10,15H,11-14,16H2,1H3,(H,25,30)(H,26,27). The molecule has 4 aromatic rings. The third-order valence-electron chi connectivity index (χ3n) is 5.80. The first-order valence-corrected chi connectivity index (χ1v) is 10.4. The largest absolute Gasteiger partial charge is 0.339 e. The van der Waals surface area contributed by atoms with Crippen molar-refractivity contribution >= 4 is 33.8 Å². The summed E-state index contributed by atoms with van der Waals surface area (Å²) < 4.78 is 0. The number of amides is 2. The third kappa shape index (κ3) is 3.56. The van der Waals surface area contributed by atoms with E-state index in [2.05, 4.69) is 58.5 Å². The first-order valence-electron chi connectivity index (χ1n) is 10.4. The van der Waals surface area contributed by atoms with Crippen molar-refractivity contribution in [1.82, 2.24) is 20.2 Å². The molecule has 1 aliphatic heterocycles. The topological polar surface area (TPSA) is 64.3 Å². The number of fused-ring (bicyclic) bond motifs is 2. The average Bonchev–Trinajstić information content (AvgIpc) is 3.20. The highest BCUT2D eigenvalue weighted by atomic mass is 16.2. The van der Waals surface area contributed by atoms with Crippen LogP contribution in [0.2, 0.25) is 0 Å². The predicted octanol–water partition coefficient (Wildman–Crippen LogP) is 4.06. The van der Waals surface area contributed by atoms with E-state index in [1.165, 1.54) is 16.3 Å². The first-order chi connectivity index (χ1) is 14.7. The van der Waals surface area contributed by atoms with Crippen LogP contribution in [0.1, 0.15) is 11.1 Å². The van der Waals surface area contributed by atoms with Crippen molar-refractivity contribution in [3.63, 3.8) is 0 Å². The summed E-state index contributed by atoms with van der Waals surface area (Å²) in [6, 6.07) is 20.7. The molecular weight excluding hydrogens is 374 g/mol. The van der Waals surface area contributed by atoms with E-state index in [0.29, 0.717) is 19.6 Å². The van der Waals surface area contributed by atoms with E-state index >= 15 is 0 Å². The monoisotopic (exact) mass is 399 g/mol. The Morgan fingerprint density at radius 3 is 2.70 bits per heavy atom. The molecule has 0 radical (unpaired) electrons. The SMILES string of the molecule is Cc1ccc2nc(N3CCN(C(=O)NCc4cccc5ccccc45)CC3)[nH]c2c1. The lowest BCUT2D eigenvalue weighted by Gasteiger charge is -2.34. The summed E-state index contributed by atoms with van der Waals surface area (Å²) >= 11 is 0. The van der Waals surface area contributed by atoms with Crippen molar-refractivity contribution < 1.29 is 4.79 Å². The quantitative estimate of drug-likeness (QED) is 0.546. The second-order valence-electron chi connectivity index (χ2n) is 7.85. The Bertz CT molecular complexity index is 1200. The number of nitrogens with zero attached hydrogens (tertiary/aromatic N) is 3. The number of imidazole rings is 1. The van der Waals surface area contributed by atoms with Crippen molar-refractivity contribution in [2.45, 2.75) is 13.5 Å². The summed E-state index contributed by atoms with van der Waals surface area (Å²) in [6.45, 7) is 5.49. The van der Waals surface area contributed by atoms with Gasteiger partial charge in [0.25, 0.3) is 0 Å². The van der Waals surface area contributed by atoms with E-state index in [4.69, 9.17) is 4.98 Å². The number of aromatic nitrogens is 2. The van der Waals surface area contributed by atoms with Crippen LogP contribution in [-0.2, 0) is 6.54 Å². The number of carbonyl (C=O) groups is 1. The number of anilines is 1. The van der Waals surface area contributed by atoms with E-state index in [9.17, 15) is 4.79 Å². The minimum absolute atomic E-state index is 0.0113. The highest BCUT2D eigenvalue weighted by molar-refractivity contribution is 5.86. The van der Waals surface area contributed by atoms with Crippen LogP contribution in [0.4, 0.5) is 10.7 Å². The van der Waals surface area contributed by atoms with Gasteiger partial charge in [0.1, 0.15) is 0 Å². The zero-order valence-electron chi connectivity index (χ0n) is 17.1. The second-order valence-corrected chi connectivity index (χ2v) is 7.85. The summed E-state index contributed by atoms with van der Waals surface area (Å²) in [5.41, 5.74) is 4.38. The van der Waals surface area contributed by atoms with Gasteiger partial charge < -0.3 is 20.1 Å². The summed E-state index contributed by atoms with van der Waals surface area (Å²) in [6.07, 6.45) is 0. The van der Waals surface area contributed by atoms with Gasteiger partial charge in [-0.2, -0.15) is 0 Å². The van der Waals surface area contributed by atoms with Gasteiger partial charge in [-0.3, -0.25) is 0 Å². The van der Waals surface area contributed by atoms with Crippen LogP contribution in [0, 0.1) is 6.92 Å². The molecule has 6 heteroatoms. The van der Waals surface area contributed by atoms with Crippen LogP contribution in [0.3, 0.4) is 0 Å². The van der Waals surface area contributed by atoms with Crippen LogP contribution >= 0.6 is 0 Å². The number of rotatable bonds is 3. The Labute approximate surface area is 175 Å². The molecule has 30 heavy (non-hydrogen) atoms. The summed E-state index contributed by atoms with van der Waals surface area (Å²) in [7, 11) is 0. The van der Waals surface area contributed by atoms with Gasteiger partial charge in [-0.1, -0.05) is 48.5 Å². The van der Waals surface area contributed by atoms with Crippen LogP contribution in [0.25, 0.3) is 21.8 Å². The van der Waals surface area contributed by atoms with Crippen LogP contribution in [0.5, 0.6) is 0 Å². The smallest absolute Gasteiger partial charge is 0.317 e. The predicted molar refractivity (Wildman–Crippen MR) is 121 cm³/mol. The Morgan fingerprint density at radius 2 is 1.83 bits per heavy atom. The summed E-state index contributed by atoms with van der Waals surface area (Å²) in [5.74, 6) is 0.881. The normalized spacial score (nSPS) is 14.4. The summed E-state index contributed by atoms with van der Waals surface area (Å²) in [4.78, 5) is 24.9. The van der Waals surface area contributed by atoms with Gasteiger partial charge in [-0.25, -0.2) is 9.78 Å². The highest BCUT2D eigenvalue weighted by Gasteiger charge is 2.23. The molecule has 3 aromatic carbocycles. The van der Waals surface area contributed by atoms with Gasteiger partial charge in [0.15, 0.2) is 0 Å². The molecule has 5 rings (SSSR count). The number of benzene rings is 3. The maximum Gasteiger partial charge on any atom is 0.317 e. The number of nitrogens with one attached hydrogen (secondary N) is 2. The Balaban J connectivity index is 1.20. The number of H-pyrrole nitrogens is 1. The first kappa shape index (κ1) is 18.5. The zero-order chi connectivity index (χ0) is 20.5. The number of urea groups is 1. The molecule has 6 nitrogen and oxygen atoms in total. The molecule has 1 fully saturated rings. The average molecular weight is 399 g/mol. The molecule has 2 heterocycles. The molecule has 152 valence electrons. The molecule has 0 bridgehead atoms. The summed E-state index contributed by atoms with van der Waals surface area (Å²) in [5, 5.41) is 5.47. The highest BCUT2D eigenvalue weighted by Crippen LogP contribution is 2.20. The fraction of sp³-hybridized carbons (Fsp3) is 0.250. The molecular formula is C24H25N5O. The van der Waals surface area contributed by atoms with Gasteiger partial charge in [0, 0.05) is 32.7 Å². The molecule has 1 saturated heterocycles. The maximum absolute atomic E-state index is 12.7. The van der Waals surface area contributed by atoms with Gasteiger partial charge in [-0.05, 0) is 41.0 Å². The third-order valence-corrected chi connectivity index (χ3v) is 5.80. The van der Waals surface area contributed by atoms with Crippen molar-refractivity contribution in [2.24, 2.45) is 0 Å². The lowest BCUT2D eigenvalue weighted by Crippen LogP contribution is -2.52. The van der Waals surface area contributed by atoms with E-state index in [1.807, 2.05) is 29.2 Å². The molecule has 2 amide bonds. The zero-order valence-corrected chi connectivity index (χ0v) is 17.1. The molecule has 1 aliphatic rings. The van der Waals surface area contributed by atoms with Gasteiger partial charge in [0.05, 0.1) is 11.0 Å². The van der Waals surface area contributed by atoms with Gasteiger partial charge in [0.2, 0.25) is 5.95 Å². The minimum atomic E-state index is -0.0113. The lowest BCUT2D eigenvalue weighted by molar-refractivity contribution is 0.193. The van der Waals surface area contributed by atoms with Gasteiger partial charge in [-0.15, -0.1) is 0 Å². The Hall–Kier alpha value is -3.54. The van der Waals surface area contributed by atoms with E-state index in [-0.39, 0.29) is 6.03 Å². The molecule has 1 aromatic heterocycles. The fourth-order valence-electron chi connectivity index (χ4n) is 4.11. The molecule has 0 spiro atoms. The van der Waals surface area contributed by atoms with Crippen molar-refractivity contribution in [3.05, 3.63) is 71.8 Å². The number of piperazine rings is 1. The lowest BCUT2D eigenvalue weighted by atomic mass is 10.0. The van der Waals surface area contributed by atoms with Crippen molar-refractivity contribution in [3.8, 4) is 0 Å². The van der Waals surface area contributed by atoms with Crippen LogP contribution in [0.15, 0.2) is 60.7 Å². The molecule has 0 saturated carbocycles. The number of carbonyl (C=O) groups excluding carboxylic acids is 1. The fourth-order valence-corrected chi connectivity index (χ4v) is 4.11.